The molecule has 3 heterocycles. The van der Waals surface area contributed by atoms with Crippen molar-refractivity contribution in [3.05, 3.63) is 58.7 Å². The summed E-state index contributed by atoms with van der Waals surface area (Å²) >= 11 is 0. The van der Waals surface area contributed by atoms with Gasteiger partial charge in [-0.25, -0.2) is 0 Å². The monoisotopic (exact) mass is 520 g/mol. The van der Waals surface area contributed by atoms with Crippen molar-refractivity contribution in [3.8, 4) is 11.8 Å². The maximum absolute atomic E-state index is 13.1. The first-order valence-electron chi connectivity index (χ1n) is 13.8. The van der Waals surface area contributed by atoms with Crippen molar-refractivity contribution in [1.82, 2.24) is 0 Å². The van der Waals surface area contributed by atoms with Crippen molar-refractivity contribution in [3.63, 3.8) is 0 Å². The van der Waals surface area contributed by atoms with Crippen molar-refractivity contribution in [2.75, 3.05) is 0 Å². The number of aliphatic hydroxyl groups is 3. The second-order valence-corrected chi connectivity index (χ2v) is 12.9. The third-order valence-corrected chi connectivity index (χ3v) is 9.63. The predicted molar refractivity (Wildman–Crippen MR) is 144 cm³/mol. The zero-order valence-electron chi connectivity index (χ0n) is 23.2. The van der Waals surface area contributed by atoms with E-state index in [1.807, 2.05) is 46.8 Å². The van der Waals surface area contributed by atoms with Crippen molar-refractivity contribution in [2.45, 2.75) is 108 Å². The Morgan fingerprint density at radius 2 is 1.71 bits per heavy atom. The first-order valence-corrected chi connectivity index (χ1v) is 13.8. The fraction of sp³-hybridized carbons (Fsp3) is 0.625. The van der Waals surface area contributed by atoms with Crippen LogP contribution in [-0.2, 0) is 14.2 Å². The van der Waals surface area contributed by atoms with Crippen LogP contribution in [0.2, 0.25) is 0 Å². The normalized spacial score (nSPS) is 48.8. The molecule has 6 rings (SSSR count). The number of allylic oxidation sites excluding steroid dienone is 5. The maximum atomic E-state index is 13.1. The van der Waals surface area contributed by atoms with Crippen LogP contribution in [0.25, 0.3) is 0 Å². The summed E-state index contributed by atoms with van der Waals surface area (Å²) in [6.07, 6.45) is 6.49. The summed E-state index contributed by atoms with van der Waals surface area (Å²) in [7, 11) is 0. The number of rotatable bonds is 4. The van der Waals surface area contributed by atoms with Gasteiger partial charge >= 0.3 is 0 Å². The molecule has 204 valence electrons. The lowest BCUT2D eigenvalue weighted by Gasteiger charge is -2.64. The SMILES string of the molecule is C=C(C)C#C[C@@]12[C@@H]3C=C(C)C[C@@H]1[C@@H](O)[C@@H]1O[C@]1(CC=C(C)C)[C@]2(O)O[C@@H]1C3=C[C@@H](O)[C@@H]2O[C@]12CC=C(C)C. The highest BCUT2D eigenvalue weighted by atomic mass is 16.7. The van der Waals surface area contributed by atoms with Crippen LogP contribution in [0, 0.1) is 29.1 Å². The molecule has 11 atom stereocenters. The molecule has 0 aromatic carbocycles. The number of epoxide rings is 2. The highest BCUT2D eigenvalue weighted by Gasteiger charge is 2.88. The van der Waals surface area contributed by atoms with E-state index >= 15 is 0 Å². The molecule has 3 saturated heterocycles. The predicted octanol–water partition coefficient (Wildman–Crippen LogP) is 3.89. The van der Waals surface area contributed by atoms with Gasteiger partial charge < -0.3 is 29.5 Å². The molecule has 6 aliphatic rings. The molecule has 0 aromatic heterocycles. The van der Waals surface area contributed by atoms with Gasteiger partial charge in [0, 0.05) is 24.7 Å². The Hall–Kier alpha value is -1.98. The van der Waals surface area contributed by atoms with Crippen molar-refractivity contribution < 1.29 is 29.5 Å². The average molecular weight is 521 g/mol. The summed E-state index contributed by atoms with van der Waals surface area (Å²) in [6.45, 7) is 16.0. The van der Waals surface area contributed by atoms with Crippen LogP contribution in [0.1, 0.15) is 60.8 Å². The third-order valence-electron chi connectivity index (χ3n) is 9.63. The molecule has 3 aliphatic heterocycles. The quantitative estimate of drug-likeness (QED) is 0.296. The first-order chi connectivity index (χ1) is 17.8. The number of fused-ring (bicyclic) bond motifs is 6. The molecule has 0 aromatic rings. The molecule has 1 saturated carbocycles. The number of hydrogen-bond donors (Lipinski definition) is 3. The molecule has 0 unspecified atom stereocenters. The van der Waals surface area contributed by atoms with E-state index in [0.717, 1.165) is 22.3 Å². The van der Waals surface area contributed by atoms with E-state index in [0.29, 0.717) is 24.8 Å². The summed E-state index contributed by atoms with van der Waals surface area (Å²) in [5.74, 6) is 3.95. The minimum absolute atomic E-state index is 0.395. The molecular weight excluding hydrogens is 480 g/mol. The van der Waals surface area contributed by atoms with Crippen LogP contribution in [-0.4, -0.2) is 62.8 Å². The van der Waals surface area contributed by atoms with Crippen molar-refractivity contribution in [1.29, 1.82) is 0 Å². The van der Waals surface area contributed by atoms with E-state index < -0.39 is 64.8 Å². The summed E-state index contributed by atoms with van der Waals surface area (Å²) in [4.78, 5) is 0. The molecule has 0 spiro atoms. The summed E-state index contributed by atoms with van der Waals surface area (Å²) in [5, 5.41) is 35.9. The standard InChI is InChI=1S/C32H40O6/c1-17(2)8-11-29-22-14-20(7)15-23(29)25(34)28-31(37-28,13-10-19(5)6)32(29,35)38-26-21(22)16-24(33)27-30(26,36-27)12-9-18(3)4/h9-10,14,16,22-28,33-35H,1,12-13,15H2,2-7H3/t22-,23-,24-,25-,26-,27+,28+,29-,30-,31+,32-/m1/s1. The Balaban J connectivity index is 1.61. The van der Waals surface area contributed by atoms with E-state index in [-0.39, 0.29) is 0 Å². The zero-order valence-corrected chi connectivity index (χ0v) is 23.2. The van der Waals surface area contributed by atoms with Gasteiger partial charge in [0.15, 0.2) is 5.60 Å². The van der Waals surface area contributed by atoms with E-state index in [1.165, 1.54) is 0 Å². The van der Waals surface area contributed by atoms with Crippen LogP contribution in [0.5, 0.6) is 0 Å². The van der Waals surface area contributed by atoms with Crippen LogP contribution in [0.4, 0.5) is 0 Å². The van der Waals surface area contributed by atoms with Gasteiger partial charge in [0.25, 0.3) is 0 Å². The Morgan fingerprint density at radius 1 is 1.03 bits per heavy atom. The zero-order chi connectivity index (χ0) is 27.4. The Kier molecular flexibility index (Phi) is 5.71. The average Bonchev–Trinajstić information content (AvgIpc) is 3.74. The Morgan fingerprint density at radius 3 is 2.37 bits per heavy atom. The van der Waals surface area contributed by atoms with Gasteiger partial charge in [0.2, 0.25) is 5.79 Å². The van der Waals surface area contributed by atoms with Crippen LogP contribution in [0.15, 0.2) is 58.7 Å². The van der Waals surface area contributed by atoms with E-state index in [4.69, 9.17) is 14.2 Å². The third kappa shape index (κ3) is 3.24. The second-order valence-electron chi connectivity index (χ2n) is 12.9. The number of aliphatic hydroxyl groups excluding tert-OH is 2. The minimum Gasteiger partial charge on any atom is -0.390 e. The number of ether oxygens (including phenoxy) is 3. The lowest BCUT2D eigenvalue weighted by atomic mass is 9.45. The minimum atomic E-state index is -1.83. The fourth-order valence-electron chi connectivity index (χ4n) is 7.79. The van der Waals surface area contributed by atoms with Gasteiger partial charge in [-0.2, -0.15) is 0 Å². The molecule has 3 aliphatic carbocycles. The highest BCUT2D eigenvalue weighted by Crippen LogP contribution is 2.74. The Labute approximate surface area is 225 Å². The topological polar surface area (TPSA) is 95.0 Å². The Bertz CT molecular complexity index is 1270. The van der Waals surface area contributed by atoms with Gasteiger partial charge in [-0.15, -0.1) is 0 Å². The maximum Gasteiger partial charge on any atom is 0.217 e. The molecule has 38 heavy (non-hydrogen) atoms. The lowest BCUT2D eigenvalue weighted by Crippen LogP contribution is -2.76. The molecule has 0 bridgehead atoms. The highest BCUT2D eigenvalue weighted by molar-refractivity contribution is 5.50. The van der Waals surface area contributed by atoms with Gasteiger partial charge in [-0.05, 0) is 59.1 Å². The van der Waals surface area contributed by atoms with E-state index in [1.54, 1.807) is 0 Å². The van der Waals surface area contributed by atoms with Gasteiger partial charge in [-0.3, -0.25) is 0 Å². The van der Waals surface area contributed by atoms with E-state index in [2.05, 4.69) is 37.5 Å². The van der Waals surface area contributed by atoms with Crippen LogP contribution < -0.4 is 0 Å². The molecule has 4 fully saturated rings. The smallest absolute Gasteiger partial charge is 0.217 e. The van der Waals surface area contributed by atoms with Gasteiger partial charge in [0.05, 0.1) is 6.10 Å². The van der Waals surface area contributed by atoms with Crippen LogP contribution in [0.3, 0.4) is 0 Å². The summed E-state index contributed by atoms with van der Waals surface area (Å²) in [5.41, 5.74) is 1.75. The van der Waals surface area contributed by atoms with Crippen molar-refractivity contribution in [2.24, 2.45) is 17.3 Å². The molecule has 3 N–H and O–H groups in total. The lowest BCUT2D eigenvalue weighted by molar-refractivity contribution is -0.358. The summed E-state index contributed by atoms with van der Waals surface area (Å²) in [6, 6.07) is 0. The number of hydrogen-bond acceptors (Lipinski definition) is 6. The summed E-state index contributed by atoms with van der Waals surface area (Å²) < 4.78 is 19.6. The van der Waals surface area contributed by atoms with Crippen LogP contribution >= 0.6 is 0 Å². The molecule has 0 radical (unpaired) electrons. The molecule has 6 heteroatoms. The van der Waals surface area contributed by atoms with E-state index in [9.17, 15) is 15.3 Å². The largest absolute Gasteiger partial charge is 0.390 e. The van der Waals surface area contributed by atoms with Gasteiger partial charge in [-0.1, -0.05) is 59.4 Å². The van der Waals surface area contributed by atoms with Crippen molar-refractivity contribution >= 4 is 0 Å². The molecule has 6 nitrogen and oxygen atoms in total. The fourth-order valence-corrected chi connectivity index (χ4v) is 7.79. The molecule has 0 amide bonds. The molecular formula is C32H40O6. The van der Waals surface area contributed by atoms with Gasteiger partial charge in [0.1, 0.15) is 35.4 Å². The first kappa shape index (κ1) is 26.3. The second kappa shape index (κ2) is 8.27.